The van der Waals surface area contributed by atoms with Crippen LogP contribution in [0.2, 0.25) is 5.02 Å². The quantitative estimate of drug-likeness (QED) is 0.421. The molecule has 0 atom stereocenters. The summed E-state index contributed by atoms with van der Waals surface area (Å²) >= 11 is 12.4. The van der Waals surface area contributed by atoms with Gasteiger partial charge in [0.25, 0.3) is 0 Å². The largest absolute Gasteiger partial charge is 0.417 e. The van der Waals surface area contributed by atoms with Crippen LogP contribution in [0.5, 0.6) is 0 Å². The molecular formula is C9H4Cl2F3IO. The van der Waals surface area contributed by atoms with E-state index >= 15 is 0 Å². The van der Waals surface area contributed by atoms with Crippen molar-refractivity contribution in [1.82, 2.24) is 0 Å². The summed E-state index contributed by atoms with van der Waals surface area (Å²) in [6.07, 6.45) is -4.53. The highest BCUT2D eigenvalue weighted by Crippen LogP contribution is 2.36. The second kappa shape index (κ2) is 5.10. The normalized spacial score (nSPS) is 11.6. The zero-order valence-electron chi connectivity index (χ0n) is 7.54. The first-order valence-corrected chi connectivity index (χ1v) is 5.92. The zero-order valence-corrected chi connectivity index (χ0v) is 11.2. The molecule has 1 aromatic carbocycles. The number of carbonyl (C=O) groups is 1. The summed E-state index contributed by atoms with van der Waals surface area (Å²) in [6.45, 7) is 0. The number of hydrogen-bond donors (Lipinski definition) is 0. The first-order chi connectivity index (χ1) is 7.27. The summed E-state index contributed by atoms with van der Waals surface area (Å²) in [5, 5.41) is -0.499. The van der Waals surface area contributed by atoms with Crippen molar-refractivity contribution in [3.8, 4) is 0 Å². The van der Waals surface area contributed by atoms with Gasteiger partial charge in [0.1, 0.15) is 0 Å². The van der Waals surface area contributed by atoms with Gasteiger partial charge in [-0.2, -0.15) is 13.2 Å². The molecule has 1 nitrogen and oxygen atoms in total. The standard InChI is InChI=1S/C9H4Cl2F3IO/c10-3-8(16)4-1-6(11)5(2-7(4)15)9(12,13)14/h1-2H,3H2. The molecule has 0 N–H and O–H groups in total. The summed E-state index contributed by atoms with van der Waals surface area (Å²) in [6, 6.07) is 1.83. The molecule has 0 bridgehead atoms. The second-order valence-corrected chi connectivity index (χ2v) is 4.70. The van der Waals surface area contributed by atoms with Crippen molar-refractivity contribution in [2.45, 2.75) is 6.18 Å². The van der Waals surface area contributed by atoms with Crippen molar-refractivity contribution in [3.05, 3.63) is 31.9 Å². The topological polar surface area (TPSA) is 17.1 Å². The lowest BCUT2D eigenvalue weighted by Crippen LogP contribution is -2.10. The fourth-order valence-corrected chi connectivity index (χ4v) is 2.23. The molecular weight excluding hydrogens is 379 g/mol. The highest BCUT2D eigenvalue weighted by molar-refractivity contribution is 14.1. The Kier molecular flexibility index (Phi) is 4.48. The molecule has 16 heavy (non-hydrogen) atoms. The molecule has 0 spiro atoms. The Labute approximate surface area is 113 Å². The van der Waals surface area contributed by atoms with E-state index < -0.39 is 22.5 Å². The average Bonchev–Trinajstić information content (AvgIpc) is 2.18. The first kappa shape index (κ1) is 14.1. The number of benzene rings is 1. The average molecular weight is 383 g/mol. The van der Waals surface area contributed by atoms with Gasteiger partial charge in [-0.1, -0.05) is 11.6 Å². The number of carbonyl (C=O) groups excluding carboxylic acids is 1. The minimum Gasteiger partial charge on any atom is -0.293 e. The van der Waals surface area contributed by atoms with Gasteiger partial charge in [-0.25, -0.2) is 0 Å². The fraction of sp³-hybridized carbons (Fsp3) is 0.222. The van der Waals surface area contributed by atoms with Crippen molar-refractivity contribution in [2.75, 3.05) is 5.88 Å². The summed E-state index contributed by atoms with van der Waals surface area (Å²) < 4.78 is 37.5. The van der Waals surface area contributed by atoms with Crippen LogP contribution in [0.15, 0.2) is 12.1 Å². The van der Waals surface area contributed by atoms with E-state index in [4.69, 9.17) is 23.2 Å². The maximum atomic E-state index is 12.4. The van der Waals surface area contributed by atoms with E-state index in [1.807, 2.05) is 0 Å². The third-order valence-corrected chi connectivity index (χ3v) is 3.23. The van der Waals surface area contributed by atoms with Crippen molar-refractivity contribution in [3.63, 3.8) is 0 Å². The van der Waals surface area contributed by atoms with E-state index in [0.717, 1.165) is 12.1 Å². The lowest BCUT2D eigenvalue weighted by Gasteiger charge is -2.11. The Morgan fingerprint density at radius 2 is 1.94 bits per heavy atom. The van der Waals surface area contributed by atoms with Crippen molar-refractivity contribution < 1.29 is 18.0 Å². The van der Waals surface area contributed by atoms with E-state index in [9.17, 15) is 18.0 Å². The Morgan fingerprint density at radius 3 is 2.38 bits per heavy atom. The lowest BCUT2D eigenvalue weighted by atomic mass is 10.1. The van der Waals surface area contributed by atoms with Crippen LogP contribution in [-0.4, -0.2) is 11.7 Å². The van der Waals surface area contributed by atoms with Crippen molar-refractivity contribution in [1.29, 1.82) is 0 Å². The maximum Gasteiger partial charge on any atom is 0.417 e. The van der Waals surface area contributed by atoms with E-state index in [2.05, 4.69) is 0 Å². The summed E-state index contributed by atoms with van der Waals surface area (Å²) in [4.78, 5) is 11.3. The van der Waals surface area contributed by atoms with Crippen molar-refractivity contribution in [2.24, 2.45) is 0 Å². The molecule has 0 fully saturated rings. The summed E-state index contributed by atoms with van der Waals surface area (Å²) in [5.74, 6) is -0.751. The van der Waals surface area contributed by atoms with Crippen LogP contribution in [0.25, 0.3) is 0 Å². The molecule has 0 unspecified atom stereocenters. The van der Waals surface area contributed by atoms with Gasteiger partial charge in [-0.3, -0.25) is 4.79 Å². The van der Waals surface area contributed by atoms with E-state index in [1.54, 1.807) is 22.6 Å². The Balaban J connectivity index is 3.33. The van der Waals surface area contributed by atoms with Crippen LogP contribution < -0.4 is 0 Å². The zero-order chi connectivity index (χ0) is 12.5. The minimum atomic E-state index is -4.53. The van der Waals surface area contributed by atoms with Gasteiger partial charge in [0.2, 0.25) is 0 Å². The van der Waals surface area contributed by atoms with Crippen molar-refractivity contribution >= 4 is 51.6 Å². The number of hydrogen-bond acceptors (Lipinski definition) is 1. The predicted octanol–water partition coefficient (Wildman–Crippen LogP) is 4.38. The Morgan fingerprint density at radius 1 is 1.38 bits per heavy atom. The molecule has 0 heterocycles. The van der Waals surface area contributed by atoms with E-state index in [-0.39, 0.29) is 15.0 Å². The number of Topliss-reactive ketones (excluding diaryl/α,β-unsaturated/α-hetero) is 1. The van der Waals surface area contributed by atoms with Crippen LogP contribution >= 0.6 is 45.8 Å². The number of rotatable bonds is 2. The van der Waals surface area contributed by atoms with Crippen LogP contribution in [0, 0.1) is 3.57 Å². The number of ketones is 1. The number of alkyl halides is 4. The molecule has 1 rings (SSSR count). The highest BCUT2D eigenvalue weighted by Gasteiger charge is 2.34. The van der Waals surface area contributed by atoms with Gasteiger partial charge in [0.05, 0.1) is 16.5 Å². The van der Waals surface area contributed by atoms with Crippen LogP contribution in [-0.2, 0) is 6.18 Å². The molecule has 1 aromatic rings. The smallest absolute Gasteiger partial charge is 0.293 e. The minimum absolute atomic E-state index is 0.105. The molecule has 0 radical (unpaired) electrons. The highest BCUT2D eigenvalue weighted by atomic mass is 127. The molecule has 7 heteroatoms. The van der Waals surface area contributed by atoms with Crippen LogP contribution in [0.1, 0.15) is 15.9 Å². The van der Waals surface area contributed by atoms with Gasteiger partial charge in [-0.15, -0.1) is 11.6 Å². The monoisotopic (exact) mass is 382 g/mol. The van der Waals surface area contributed by atoms with E-state index in [0.29, 0.717) is 0 Å². The second-order valence-electron chi connectivity index (χ2n) is 2.87. The van der Waals surface area contributed by atoms with Gasteiger partial charge in [0.15, 0.2) is 5.78 Å². The van der Waals surface area contributed by atoms with Gasteiger partial charge >= 0.3 is 6.18 Å². The SMILES string of the molecule is O=C(CCl)c1cc(Cl)c(C(F)(F)F)cc1I. The fourth-order valence-electron chi connectivity index (χ4n) is 1.05. The predicted molar refractivity (Wildman–Crippen MR) is 64.2 cm³/mol. The molecule has 0 aliphatic carbocycles. The molecule has 0 amide bonds. The molecule has 0 saturated heterocycles. The Bertz CT molecular complexity index is 431. The number of halogens is 6. The molecule has 0 aliphatic rings. The molecule has 0 saturated carbocycles. The molecule has 88 valence electrons. The third-order valence-electron chi connectivity index (χ3n) is 1.78. The summed E-state index contributed by atoms with van der Waals surface area (Å²) in [7, 11) is 0. The van der Waals surface area contributed by atoms with E-state index in [1.165, 1.54) is 0 Å². The summed E-state index contributed by atoms with van der Waals surface area (Å²) in [5.41, 5.74) is -0.849. The first-order valence-electron chi connectivity index (χ1n) is 3.92. The molecule has 0 aromatic heterocycles. The lowest BCUT2D eigenvalue weighted by molar-refractivity contribution is -0.137. The maximum absolute atomic E-state index is 12.4. The van der Waals surface area contributed by atoms with Gasteiger partial charge in [0, 0.05) is 9.13 Å². The van der Waals surface area contributed by atoms with Gasteiger partial charge < -0.3 is 0 Å². The van der Waals surface area contributed by atoms with Crippen LogP contribution in [0.3, 0.4) is 0 Å². The van der Waals surface area contributed by atoms with Crippen LogP contribution in [0.4, 0.5) is 13.2 Å². The Hall–Kier alpha value is -0.0100. The third kappa shape index (κ3) is 3.01. The van der Waals surface area contributed by atoms with Gasteiger partial charge in [-0.05, 0) is 34.7 Å². The molecule has 0 aliphatic heterocycles.